The van der Waals surface area contributed by atoms with Crippen LogP contribution in [0.2, 0.25) is 0 Å². The van der Waals surface area contributed by atoms with E-state index in [2.05, 4.69) is 13.8 Å². The van der Waals surface area contributed by atoms with Gasteiger partial charge in [-0.1, -0.05) is 32.8 Å². The van der Waals surface area contributed by atoms with Crippen LogP contribution in [0, 0.1) is 5.92 Å². The van der Waals surface area contributed by atoms with Gasteiger partial charge in [0.05, 0.1) is 24.9 Å². The zero-order valence-corrected chi connectivity index (χ0v) is 15.7. The second-order valence-corrected chi connectivity index (χ2v) is 6.08. The lowest BCUT2D eigenvalue weighted by Crippen LogP contribution is -2.12. The second-order valence-electron chi connectivity index (χ2n) is 6.08. The molecular weight excluding hydrogens is 345 g/mol. The number of carbonyl (C=O) groups excluding carboxylic acids is 1. The van der Waals surface area contributed by atoms with Crippen molar-refractivity contribution in [3.8, 4) is 0 Å². The van der Waals surface area contributed by atoms with Crippen molar-refractivity contribution in [2.45, 2.75) is 52.8 Å². The lowest BCUT2D eigenvalue weighted by Gasteiger charge is -2.20. The van der Waals surface area contributed by atoms with E-state index in [1.807, 2.05) is 0 Å². The van der Waals surface area contributed by atoms with Crippen LogP contribution in [0.25, 0.3) is 6.08 Å². The molecule has 1 atom stereocenters. The van der Waals surface area contributed by atoms with E-state index in [-0.39, 0.29) is 12.7 Å². The first-order chi connectivity index (χ1) is 12.2. The molecule has 0 heterocycles. The first-order valence-corrected chi connectivity index (χ1v) is 8.90. The summed E-state index contributed by atoms with van der Waals surface area (Å²) < 4.78 is 49.7. The minimum absolute atomic E-state index is 0.202. The maximum absolute atomic E-state index is 13.0. The third-order valence-corrected chi connectivity index (χ3v) is 4.27. The van der Waals surface area contributed by atoms with Crippen LogP contribution in [0.4, 0.5) is 13.2 Å². The molecule has 0 bridgehead atoms. The Morgan fingerprint density at radius 1 is 1.19 bits per heavy atom. The zero-order valence-electron chi connectivity index (χ0n) is 15.7. The summed E-state index contributed by atoms with van der Waals surface area (Å²) in [5.74, 6) is -0.188. The highest BCUT2D eigenvalue weighted by molar-refractivity contribution is 5.87. The fourth-order valence-electron chi connectivity index (χ4n) is 2.51. The van der Waals surface area contributed by atoms with Crippen LogP contribution >= 0.6 is 0 Å². The van der Waals surface area contributed by atoms with E-state index in [4.69, 9.17) is 9.47 Å². The molecule has 1 aromatic carbocycles. The second kappa shape index (κ2) is 10.4. The van der Waals surface area contributed by atoms with Crippen molar-refractivity contribution < 1.29 is 27.4 Å². The third-order valence-electron chi connectivity index (χ3n) is 4.27. The number of benzene rings is 1. The molecule has 0 aliphatic carbocycles. The van der Waals surface area contributed by atoms with Gasteiger partial charge in [-0.3, -0.25) is 0 Å². The lowest BCUT2D eigenvalue weighted by molar-refractivity contribution is -0.138. The number of esters is 1. The van der Waals surface area contributed by atoms with E-state index in [1.165, 1.54) is 12.1 Å². The Balaban J connectivity index is 3.10. The Bertz CT molecular complexity index is 605. The molecule has 0 radical (unpaired) electrons. The minimum atomic E-state index is -4.45. The number of hydrogen-bond acceptors (Lipinski definition) is 3. The number of alkyl halides is 3. The Morgan fingerprint density at radius 3 is 2.38 bits per heavy atom. The molecule has 146 valence electrons. The van der Waals surface area contributed by atoms with E-state index >= 15 is 0 Å². The van der Waals surface area contributed by atoms with Gasteiger partial charge < -0.3 is 9.47 Å². The van der Waals surface area contributed by atoms with Gasteiger partial charge in [0.1, 0.15) is 0 Å². The molecule has 1 rings (SSSR count). The van der Waals surface area contributed by atoms with Crippen molar-refractivity contribution in [3.63, 3.8) is 0 Å². The smallest absolute Gasteiger partial charge is 0.416 e. The molecule has 26 heavy (non-hydrogen) atoms. The number of hydrogen-bond donors (Lipinski definition) is 0. The average molecular weight is 372 g/mol. The summed E-state index contributed by atoms with van der Waals surface area (Å²) in [6.45, 7) is 8.35. The van der Waals surface area contributed by atoms with Gasteiger partial charge >= 0.3 is 12.1 Å². The highest BCUT2D eigenvalue weighted by Crippen LogP contribution is 2.33. The number of ether oxygens (including phenoxy) is 2. The van der Waals surface area contributed by atoms with Crippen molar-refractivity contribution >= 4 is 12.0 Å². The normalized spacial score (nSPS) is 13.4. The summed E-state index contributed by atoms with van der Waals surface area (Å²) in [4.78, 5) is 11.5. The fourth-order valence-corrected chi connectivity index (χ4v) is 2.51. The molecule has 0 saturated carbocycles. The van der Waals surface area contributed by atoms with Gasteiger partial charge in [-0.25, -0.2) is 4.79 Å². The SMILES string of the molecule is CCOC(=O)/C=C/c1cc(C(F)(F)F)ccc1[C@@H](C)OCC(CC)CC. The van der Waals surface area contributed by atoms with Crippen molar-refractivity contribution in [1.82, 2.24) is 0 Å². The maximum atomic E-state index is 13.0. The minimum Gasteiger partial charge on any atom is -0.463 e. The molecule has 0 saturated heterocycles. The van der Waals surface area contributed by atoms with Crippen LogP contribution < -0.4 is 0 Å². The lowest BCUT2D eigenvalue weighted by atomic mass is 9.99. The number of halogens is 3. The Labute approximate surface area is 153 Å². The van der Waals surface area contributed by atoms with E-state index in [0.29, 0.717) is 23.7 Å². The quantitative estimate of drug-likeness (QED) is 0.406. The van der Waals surface area contributed by atoms with E-state index in [1.54, 1.807) is 13.8 Å². The zero-order chi connectivity index (χ0) is 19.7. The number of rotatable bonds is 9. The highest BCUT2D eigenvalue weighted by Gasteiger charge is 2.31. The maximum Gasteiger partial charge on any atom is 0.416 e. The summed E-state index contributed by atoms with van der Waals surface area (Å²) in [5.41, 5.74) is 0.131. The van der Waals surface area contributed by atoms with Gasteiger partial charge in [0.25, 0.3) is 0 Å². The Kier molecular flexibility index (Phi) is 8.85. The van der Waals surface area contributed by atoms with Crippen LogP contribution in [0.15, 0.2) is 24.3 Å². The summed E-state index contributed by atoms with van der Waals surface area (Å²) >= 11 is 0. The standard InChI is InChI=1S/C20H27F3O3/c1-5-15(6-2)13-26-14(4)18-10-9-17(20(21,22)23)12-16(18)8-11-19(24)25-7-3/h8-12,14-15H,5-7,13H2,1-4H3/b11-8+/t14-/m1/s1. The van der Waals surface area contributed by atoms with Gasteiger partial charge in [-0.2, -0.15) is 13.2 Å². The van der Waals surface area contributed by atoms with Crippen molar-refractivity contribution in [2.75, 3.05) is 13.2 Å². The average Bonchev–Trinajstić information content (AvgIpc) is 2.60. The van der Waals surface area contributed by atoms with Crippen LogP contribution in [0.1, 0.15) is 63.3 Å². The first kappa shape index (κ1) is 22.2. The molecule has 0 fully saturated rings. The van der Waals surface area contributed by atoms with Gasteiger partial charge in [0.2, 0.25) is 0 Å². The fraction of sp³-hybridized carbons (Fsp3) is 0.550. The molecule has 3 nitrogen and oxygen atoms in total. The molecule has 0 amide bonds. The van der Waals surface area contributed by atoms with Gasteiger partial charge in [-0.15, -0.1) is 0 Å². The van der Waals surface area contributed by atoms with Crippen molar-refractivity contribution in [2.24, 2.45) is 5.92 Å². The molecule has 0 N–H and O–H groups in total. The molecule has 1 aromatic rings. The first-order valence-electron chi connectivity index (χ1n) is 8.90. The van der Waals surface area contributed by atoms with Gasteiger partial charge in [-0.05, 0) is 49.1 Å². The summed E-state index contributed by atoms with van der Waals surface area (Å²) in [5, 5.41) is 0. The van der Waals surface area contributed by atoms with Crippen LogP contribution in [0.5, 0.6) is 0 Å². The molecule has 6 heteroatoms. The van der Waals surface area contributed by atoms with Crippen molar-refractivity contribution in [3.05, 3.63) is 41.0 Å². The number of carbonyl (C=O) groups is 1. The molecule has 0 aromatic heterocycles. The molecular formula is C20H27F3O3. The van der Waals surface area contributed by atoms with Gasteiger partial charge in [0, 0.05) is 6.08 Å². The largest absolute Gasteiger partial charge is 0.463 e. The third kappa shape index (κ3) is 6.83. The summed E-state index contributed by atoms with van der Waals surface area (Å²) in [6, 6.07) is 3.47. The predicted molar refractivity (Wildman–Crippen MR) is 95.6 cm³/mol. The van der Waals surface area contributed by atoms with Crippen LogP contribution in [-0.2, 0) is 20.4 Å². The van der Waals surface area contributed by atoms with E-state index in [0.717, 1.165) is 31.1 Å². The monoisotopic (exact) mass is 372 g/mol. The molecule has 0 aliphatic rings. The van der Waals surface area contributed by atoms with Crippen LogP contribution in [-0.4, -0.2) is 19.2 Å². The topological polar surface area (TPSA) is 35.5 Å². The highest BCUT2D eigenvalue weighted by atomic mass is 19.4. The summed E-state index contributed by atoms with van der Waals surface area (Å²) in [6.07, 6.45) is -0.405. The Hall–Kier alpha value is -1.82. The molecule has 0 unspecified atom stereocenters. The molecule has 0 aliphatic heterocycles. The predicted octanol–water partition coefficient (Wildman–Crippen LogP) is 5.80. The molecule has 0 spiro atoms. The van der Waals surface area contributed by atoms with Crippen LogP contribution in [0.3, 0.4) is 0 Å². The van der Waals surface area contributed by atoms with E-state index < -0.39 is 17.7 Å². The Morgan fingerprint density at radius 2 is 1.85 bits per heavy atom. The van der Waals surface area contributed by atoms with Crippen molar-refractivity contribution in [1.29, 1.82) is 0 Å². The summed E-state index contributed by atoms with van der Waals surface area (Å²) in [7, 11) is 0. The van der Waals surface area contributed by atoms with E-state index in [9.17, 15) is 18.0 Å². The van der Waals surface area contributed by atoms with Gasteiger partial charge in [0.15, 0.2) is 0 Å².